The summed E-state index contributed by atoms with van der Waals surface area (Å²) in [5.74, 6) is -1.38. The van der Waals surface area contributed by atoms with Crippen LogP contribution in [0.4, 0.5) is 4.39 Å². The molecule has 0 aromatic heterocycles. The molecule has 1 saturated heterocycles. The van der Waals surface area contributed by atoms with Gasteiger partial charge in [-0.25, -0.2) is 12.8 Å². The van der Waals surface area contributed by atoms with Gasteiger partial charge >= 0.3 is 0 Å². The molecular formula is C28H30FNO6S. The molecule has 37 heavy (non-hydrogen) atoms. The maximum Gasteiger partial charge on any atom is 0.254 e. The molecule has 0 saturated carbocycles. The number of carbonyl (C=O) groups is 1. The van der Waals surface area contributed by atoms with Crippen molar-refractivity contribution < 1.29 is 31.8 Å². The quantitative estimate of drug-likeness (QED) is 0.434. The van der Waals surface area contributed by atoms with Crippen LogP contribution in [0.3, 0.4) is 0 Å². The van der Waals surface area contributed by atoms with Gasteiger partial charge < -0.3 is 19.1 Å². The molecule has 1 aliphatic rings. The van der Waals surface area contributed by atoms with Crippen molar-refractivity contribution in [2.24, 2.45) is 0 Å². The molecule has 1 aliphatic heterocycles. The Balaban J connectivity index is 1.54. The van der Waals surface area contributed by atoms with Gasteiger partial charge in [0, 0.05) is 18.2 Å². The van der Waals surface area contributed by atoms with Gasteiger partial charge in [0.05, 0.1) is 26.0 Å². The summed E-state index contributed by atoms with van der Waals surface area (Å²) >= 11 is 0. The van der Waals surface area contributed by atoms with Crippen LogP contribution in [0.15, 0.2) is 65.6 Å². The summed E-state index contributed by atoms with van der Waals surface area (Å²) in [6.45, 7) is 4.29. The first-order chi connectivity index (χ1) is 17.6. The molecule has 2 unspecified atom stereocenters. The predicted molar refractivity (Wildman–Crippen MR) is 137 cm³/mol. The van der Waals surface area contributed by atoms with Gasteiger partial charge in [-0.3, -0.25) is 4.79 Å². The first kappa shape index (κ1) is 26.6. The number of ether oxygens (including phenoxy) is 3. The molecule has 2 atom stereocenters. The molecule has 9 heteroatoms. The van der Waals surface area contributed by atoms with Crippen molar-refractivity contribution >= 4 is 15.7 Å². The molecule has 4 rings (SSSR count). The molecule has 196 valence electrons. The fourth-order valence-corrected chi connectivity index (χ4v) is 6.00. The number of sulfone groups is 1. The zero-order valence-electron chi connectivity index (χ0n) is 21.2. The minimum Gasteiger partial charge on any atom is -0.495 e. The third-order valence-corrected chi connectivity index (χ3v) is 8.20. The Morgan fingerprint density at radius 2 is 1.68 bits per heavy atom. The Hall–Kier alpha value is -3.43. The molecular weight excluding hydrogens is 497 g/mol. The van der Waals surface area contributed by atoms with Crippen molar-refractivity contribution in [3.63, 3.8) is 0 Å². The molecule has 0 N–H and O–H groups in total. The van der Waals surface area contributed by atoms with Gasteiger partial charge in [0.1, 0.15) is 22.9 Å². The van der Waals surface area contributed by atoms with E-state index in [-0.39, 0.29) is 41.0 Å². The summed E-state index contributed by atoms with van der Waals surface area (Å²) < 4.78 is 58.2. The van der Waals surface area contributed by atoms with E-state index in [1.54, 1.807) is 29.2 Å². The van der Waals surface area contributed by atoms with Crippen molar-refractivity contribution in [3.05, 3.63) is 88.7 Å². The Morgan fingerprint density at radius 1 is 0.973 bits per heavy atom. The molecule has 0 spiro atoms. The van der Waals surface area contributed by atoms with Crippen molar-refractivity contribution in [1.29, 1.82) is 0 Å². The first-order valence-corrected chi connectivity index (χ1v) is 13.5. The number of hydrogen-bond acceptors (Lipinski definition) is 6. The molecule has 0 aliphatic carbocycles. The predicted octanol–water partition coefficient (Wildman–Crippen LogP) is 4.34. The van der Waals surface area contributed by atoms with Crippen molar-refractivity contribution in [2.75, 3.05) is 27.3 Å². The smallest absolute Gasteiger partial charge is 0.254 e. The number of benzene rings is 3. The second-order valence-corrected chi connectivity index (χ2v) is 11.1. The SMILES string of the molecule is COc1ccccc1S(=O)(=O)Cc1cccc(OC2CN(C(=O)c3cc(C)ccc3C)CC2OC)c1F. The second-order valence-electron chi connectivity index (χ2n) is 9.10. The lowest BCUT2D eigenvalue weighted by molar-refractivity contribution is 0.0322. The zero-order valence-corrected chi connectivity index (χ0v) is 22.0. The minimum atomic E-state index is -3.89. The van der Waals surface area contributed by atoms with Crippen molar-refractivity contribution in [3.8, 4) is 11.5 Å². The molecule has 3 aromatic rings. The minimum absolute atomic E-state index is 0.0148. The molecule has 1 heterocycles. The summed E-state index contributed by atoms with van der Waals surface area (Å²) in [4.78, 5) is 14.8. The largest absolute Gasteiger partial charge is 0.495 e. The lowest BCUT2D eigenvalue weighted by Gasteiger charge is -2.20. The van der Waals surface area contributed by atoms with Gasteiger partial charge in [0.2, 0.25) is 0 Å². The van der Waals surface area contributed by atoms with E-state index < -0.39 is 33.6 Å². The van der Waals surface area contributed by atoms with Gasteiger partial charge in [-0.05, 0) is 43.7 Å². The zero-order chi connectivity index (χ0) is 26.7. The number of carbonyl (C=O) groups excluding carboxylic acids is 1. The number of aryl methyl sites for hydroxylation is 2. The van der Waals surface area contributed by atoms with Gasteiger partial charge in [-0.15, -0.1) is 0 Å². The van der Waals surface area contributed by atoms with Crippen LogP contribution >= 0.6 is 0 Å². The standard InChI is InChI=1S/C28H30FNO6S/c1-18-12-13-19(2)21(14-18)28(31)30-15-24(35-4)25(16-30)36-23-10-7-8-20(27(23)29)17-37(32,33)26-11-6-5-9-22(26)34-3/h5-14,24-25H,15-17H2,1-4H3. The maximum atomic E-state index is 15.5. The number of likely N-dealkylation sites (tertiary alicyclic amines) is 1. The molecule has 7 nitrogen and oxygen atoms in total. The van der Waals surface area contributed by atoms with Crippen LogP contribution in [-0.4, -0.2) is 58.7 Å². The third-order valence-electron chi connectivity index (χ3n) is 6.50. The number of amides is 1. The molecule has 3 aromatic carbocycles. The van der Waals surface area contributed by atoms with Crippen LogP contribution in [0.5, 0.6) is 11.5 Å². The van der Waals surface area contributed by atoms with Gasteiger partial charge in [0.25, 0.3) is 5.91 Å². The van der Waals surface area contributed by atoms with E-state index >= 15 is 4.39 Å². The molecule has 1 amide bonds. The van der Waals surface area contributed by atoms with Crippen LogP contribution < -0.4 is 9.47 Å². The van der Waals surface area contributed by atoms with Crippen LogP contribution in [-0.2, 0) is 20.3 Å². The topological polar surface area (TPSA) is 82.1 Å². The monoisotopic (exact) mass is 527 g/mol. The van der Waals surface area contributed by atoms with E-state index in [4.69, 9.17) is 14.2 Å². The van der Waals surface area contributed by atoms with Crippen LogP contribution in [0.1, 0.15) is 27.0 Å². The third kappa shape index (κ3) is 5.62. The summed E-state index contributed by atoms with van der Waals surface area (Å²) in [7, 11) is -1.00. The lowest BCUT2D eigenvalue weighted by Crippen LogP contribution is -2.32. The van der Waals surface area contributed by atoms with Gasteiger partial charge in [-0.1, -0.05) is 42.0 Å². The maximum absolute atomic E-state index is 15.5. The highest BCUT2D eigenvalue weighted by molar-refractivity contribution is 7.90. The first-order valence-electron chi connectivity index (χ1n) is 11.8. The normalized spacial score (nSPS) is 17.6. The fourth-order valence-electron chi connectivity index (χ4n) is 4.47. The number of rotatable bonds is 8. The van der Waals surface area contributed by atoms with E-state index in [0.717, 1.165) is 11.1 Å². The van der Waals surface area contributed by atoms with E-state index in [1.807, 2.05) is 32.0 Å². The summed E-state index contributed by atoms with van der Waals surface area (Å²) in [6, 6.07) is 16.3. The van der Waals surface area contributed by atoms with Crippen molar-refractivity contribution in [1.82, 2.24) is 4.90 Å². The average molecular weight is 528 g/mol. The van der Waals surface area contributed by atoms with Gasteiger partial charge in [0.15, 0.2) is 21.4 Å². The average Bonchev–Trinajstić information content (AvgIpc) is 3.30. The summed E-state index contributed by atoms with van der Waals surface area (Å²) in [6.07, 6.45) is -1.11. The van der Waals surface area contributed by atoms with E-state index in [1.165, 1.54) is 32.4 Å². The Labute approximate surface area is 216 Å². The highest BCUT2D eigenvalue weighted by Crippen LogP contribution is 2.31. The van der Waals surface area contributed by atoms with E-state index in [0.29, 0.717) is 5.56 Å². The summed E-state index contributed by atoms with van der Waals surface area (Å²) in [5, 5.41) is 0. The molecule has 1 fully saturated rings. The number of nitrogens with zero attached hydrogens (tertiary/aromatic N) is 1. The van der Waals surface area contributed by atoms with Crippen LogP contribution in [0.25, 0.3) is 0 Å². The molecule has 0 radical (unpaired) electrons. The Bertz CT molecular complexity index is 1410. The van der Waals surface area contributed by atoms with Crippen LogP contribution in [0, 0.1) is 19.7 Å². The number of halogens is 1. The van der Waals surface area contributed by atoms with E-state index in [9.17, 15) is 13.2 Å². The second kappa shape index (κ2) is 10.9. The van der Waals surface area contributed by atoms with Gasteiger partial charge in [-0.2, -0.15) is 0 Å². The fraction of sp³-hybridized carbons (Fsp3) is 0.321. The number of methoxy groups -OCH3 is 2. The van der Waals surface area contributed by atoms with E-state index in [2.05, 4.69) is 0 Å². The number of para-hydroxylation sites is 1. The lowest BCUT2D eigenvalue weighted by atomic mass is 10.0. The number of hydrogen-bond donors (Lipinski definition) is 0. The molecule has 0 bridgehead atoms. The highest BCUT2D eigenvalue weighted by atomic mass is 32.2. The summed E-state index contributed by atoms with van der Waals surface area (Å²) in [5.41, 5.74) is 2.42. The van der Waals surface area contributed by atoms with Crippen molar-refractivity contribution in [2.45, 2.75) is 36.7 Å². The highest BCUT2D eigenvalue weighted by Gasteiger charge is 2.38. The Morgan fingerprint density at radius 3 is 2.41 bits per heavy atom. The van der Waals surface area contributed by atoms with Crippen LogP contribution in [0.2, 0.25) is 0 Å². The Kier molecular flexibility index (Phi) is 7.85.